The minimum absolute atomic E-state index is 0. The van der Waals surface area contributed by atoms with Crippen molar-refractivity contribution in [2.45, 2.75) is 44.9 Å². The van der Waals surface area contributed by atoms with Gasteiger partial charge >= 0.3 is 0 Å². The van der Waals surface area contributed by atoms with Gasteiger partial charge in [-0.05, 0) is 25.3 Å². The summed E-state index contributed by atoms with van der Waals surface area (Å²) in [5.41, 5.74) is 5.59. The lowest BCUT2D eigenvalue weighted by molar-refractivity contribution is 0.520. The van der Waals surface area contributed by atoms with Crippen molar-refractivity contribution >= 4 is 0 Å². The largest absolute Gasteiger partial charge is 0.330 e. The van der Waals surface area contributed by atoms with E-state index in [-0.39, 0.29) is 14.9 Å². The zero-order valence-corrected chi connectivity index (χ0v) is 8.15. The van der Waals surface area contributed by atoms with E-state index in [1.807, 2.05) is 0 Å². The number of hydrogen-bond donors (Lipinski definition) is 1. The van der Waals surface area contributed by atoms with E-state index in [0.29, 0.717) is 0 Å². The van der Waals surface area contributed by atoms with E-state index in [9.17, 15) is 0 Å². The van der Waals surface area contributed by atoms with Crippen LogP contribution in [0.1, 0.15) is 44.9 Å². The lowest BCUT2D eigenvalue weighted by atomic mass is 9.91. The van der Waals surface area contributed by atoms with Gasteiger partial charge in [0.25, 0.3) is 0 Å². The van der Waals surface area contributed by atoms with Crippen LogP contribution in [0.5, 0.6) is 0 Å². The standard InChI is InChI=1S/C9H18N.2CH2/c10-8-9-6-4-2-1-3-5-7-9;;/h1-8,10H2;2*1H2. The van der Waals surface area contributed by atoms with Crippen molar-refractivity contribution in [3.8, 4) is 0 Å². The Kier molecular flexibility index (Phi) is 10.9. The third kappa shape index (κ3) is 5.59. The first kappa shape index (κ1) is 14.5. The second-order valence-corrected chi connectivity index (χ2v) is 3.22. The third-order valence-electron chi connectivity index (χ3n) is 2.35. The molecule has 0 aromatic rings. The average molecular weight is 168 g/mol. The Morgan fingerprint density at radius 2 is 1.25 bits per heavy atom. The summed E-state index contributed by atoms with van der Waals surface area (Å²) in [6.07, 6.45) is 9.65. The minimum atomic E-state index is 0. The Bertz CT molecular complexity index is 73.1. The molecule has 0 spiro atoms. The van der Waals surface area contributed by atoms with Crippen LogP contribution in [0.15, 0.2) is 0 Å². The number of nitrogens with two attached hydrogens (primary N) is 1. The van der Waals surface area contributed by atoms with Crippen LogP contribution in [0, 0.1) is 20.8 Å². The van der Waals surface area contributed by atoms with Crippen molar-refractivity contribution in [2.24, 2.45) is 5.73 Å². The summed E-state index contributed by atoms with van der Waals surface area (Å²) in [6, 6.07) is 0. The second kappa shape index (κ2) is 9.05. The Morgan fingerprint density at radius 1 is 0.833 bits per heavy atom. The van der Waals surface area contributed by atoms with Gasteiger partial charge in [0.05, 0.1) is 0 Å². The highest BCUT2D eigenvalue weighted by molar-refractivity contribution is 4.91. The fourth-order valence-corrected chi connectivity index (χ4v) is 1.61. The van der Waals surface area contributed by atoms with Gasteiger partial charge in [-0.2, -0.15) is 0 Å². The molecule has 1 saturated carbocycles. The number of hydrogen-bond acceptors (Lipinski definition) is 1. The van der Waals surface area contributed by atoms with E-state index in [4.69, 9.17) is 5.73 Å². The van der Waals surface area contributed by atoms with Gasteiger partial charge < -0.3 is 5.73 Å². The van der Waals surface area contributed by atoms with Crippen LogP contribution >= 0.6 is 0 Å². The average Bonchev–Trinajstić information content (AvgIpc) is 1.87. The molecule has 71 valence electrons. The molecule has 12 heavy (non-hydrogen) atoms. The van der Waals surface area contributed by atoms with E-state index >= 15 is 0 Å². The lowest BCUT2D eigenvalue weighted by Crippen LogP contribution is -2.13. The molecule has 0 amide bonds. The summed E-state index contributed by atoms with van der Waals surface area (Å²) in [4.78, 5) is 0. The molecule has 0 unspecified atom stereocenters. The fraction of sp³-hybridized carbons (Fsp3) is 0.727. The zero-order valence-electron chi connectivity index (χ0n) is 8.15. The van der Waals surface area contributed by atoms with Crippen molar-refractivity contribution < 1.29 is 0 Å². The molecule has 0 heterocycles. The van der Waals surface area contributed by atoms with Gasteiger partial charge in [-0.1, -0.05) is 47.0 Å². The van der Waals surface area contributed by atoms with Gasteiger partial charge in [0.1, 0.15) is 0 Å². The summed E-state index contributed by atoms with van der Waals surface area (Å²) >= 11 is 0. The molecule has 0 aromatic heterocycles. The minimum Gasteiger partial charge on any atom is -0.330 e. The highest BCUT2D eigenvalue weighted by Crippen LogP contribution is 2.22. The quantitative estimate of drug-likeness (QED) is 0.640. The Hall–Kier alpha value is -0.0400. The maximum atomic E-state index is 5.59. The predicted molar refractivity (Wildman–Crippen MR) is 55.3 cm³/mol. The first-order valence-corrected chi connectivity index (χ1v) is 4.47. The molecule has 0 aromatic carbocycles. The van der Waals surface area contributed by atoms with Crippen molar-refractivity contribution in [3.05, 3.63) is 20.8 Å². The molecule has 0 aliphatic heterocycles. The van der Waals surface area contributed by atoms with Crippen LogP contribution in [-0.4, -0.2) is 6.54 Å². The van der Waals surface area contributed by atoms with Crippen LogP contribution in [0.3, 0.4) is 0 Å². The lowest BCUT2D eigenvalue weighted by Gasteiger charge is -2.16. The highest BCUT2D eigenvalue weighted by Gasteiger charge is 2.08. The number of rotatable bonds is 1. The van der Waals surface area contributed by atoms with Crippen molar-refractivity contribution in [2.75, 3.05) is 6.54 Å². The molecule has 1 nitrogen and oxygen atoms in total. The van der Waals surface area contributed by atoms with Gasteiger partial charge in [0, 0.05) is 0 Å². The molecule has 1 aliphatic rings. The molecular weight excluding hydrogens is 146 g/mol. The predicted octanol–water partition coefficient (Wildman–Crippen LogP) is 2.92. The molecular formula is C11H22N. The van der Waals surface area contributed by atoms with Gasteiger partial charge in [-0.15, -0.1) is 0 Å². The maximum absolute atomic E-state index is 5.59. The van der Waals surface area contributed by atoms with Crippen LogP contribution in [0.2, 0.25) is 0 Å². The normalized spacial score (nSPS) is 19.8. The van der Waals surface area contributed by atoms with Crippen molar-refractivity contribution in [1.29, 1.82) is 0 Å². The smallest absolute Gasteiger partial charge is 0.00147 e. The first-order chi connectivity index (χ1) is 4.93. The summed E-state index contributed by atoms with van der Waals surface area (Å²) in [7, 11) is 0. The molecule has 0 atom stereocenters. The van der Waals surface area contributed by atoms with E-state index in [0.717, 1.165) is 6.54 Å². The van der Waals surface area contributed by atoms with E-state index < -0.39 is 0 Å². The van der Waals surface area contributed by atoms with Crippen LogP contribution < -0.4 is 5.73 Å². The Balaban J connectivity index is 0. The summed E-state index contributed by atoms with van der Waals surface area (Å²) < 4.78 is 0. The highest BCUT2D eigenvalue weighted by atomic mass is 14.5. The maximum Gasteiger partial charge on any atom is -0.00147 e. The van der Waals surface area contributed by atoms with Crippen LogP contribution in [0.25, 0.3) is 0 Å². The third-order valence-corrected chi connectivity index (χ3v) is 2.35. The molecule has 1 aliphatic carbocycles. The van der Waals surface area contributed by atoms with Crippen molar-refractivity contribution in [1.82, 2.24) is 0 Å². The summed E-state index contributed by atoms with van der Waals surface area (Å²) in [5, 5.41) is 0. The van der Waals surface area contributed by atoms with Crippen LogP contribution in [-0.2, 0) is 0 Å². The zero-order chi connectivity index (χ0) is 7.23. The van der Waals surface area contributed by atoms with E-state index in [2.05, 4.69) is 0 Å². The van der Waals surface area contributed by atoms with E-state index in [1.54, 1.807) is 5.92 Å². The molecule has 0 saturated heterocycles. The fourth-order valence-electron chi connectivity index (χ4n) is 1.61. The van der Waals surface area contributed by atoms with Crippen LogP contribution in [0.4, 0.5) is 0 Å². The topological polar surface area (TPSA) is 26.0 Å². The first-order valence-electron chi connectivity index (χ1n) is 4.47. The van der Waals surface area contributed by atoms with Crippen molar-refractivity contribution in [3.63, 3.8) is 0 Å². The SMILES string of the molecule is NC[C]1CCCCCCC1.[CH2].[CH2]. The summed E-state index contributed by atoms with van der Waals surface area (Å²) in [5.74, 6) is 1.60. The van der Waals surface area contributed by atoms with Gasteiger partial charge in [-0.25, -0.2) is 0 Å². The Labute approximate surface area is 78.7 Å². The molecule has 1 fully saturated rings. The second-order valence-electron chi connectivity index (χ2n) is 3.22. The summed E-state index contributed by atoms with van der Waals surface area (Å²) in [6.45, 7) is 0.833. The molecule has 1 heteroatoms. The molecule has 0 bridgehead atoms. The van der Waals surface area contributed by atoms with Gasteiger partial charge in [-0.3, -0.25) is 0 Å². The molecule has 5 radical (unpaired) electrons. The monoisotopic (exact) mass is 168 g/mol. The van der Waals surface area contributed by atoms with Gasteiger partial charge in [0.2, 0.25) is 0 Å². The van der Waals surface area contributed by atoms with Gasteiger partial charge in [0.15, 0.2) is 0 Å². The molecule has 1 rings (SSSR count). The Morgan fingerprint density at radius 3 is 1.67 bits per heavy atom. The molecule has 2 N–H and O–H groups in total. The van der Waals surface area contributed by atoms with E-state index in [1.165, 1.54) is 44.9 Å².